The topological polar surface area (TPSA) is 68.3 Å². The second-order valence-electron chi connectivity index (χ2n) is 10.0. The fraction of sp³-hybridized carbons (Fsp3) is 0.273. The Hall–Kier alpha value is -4.36. The lowest BCUT2D eigenvalue weighted by molar-refractivity contribution is -0.126. The first-order valence-corrected chi connectivity index (χ1v) is 13.9. The molecule has 0 radical (unpaired) electrons. The Morgan fingerprint density at radius 2 is 1.52 bits per heavy atom. The van der Waals surface area contributed by atoms with E-state index in [9.17, 15) is 9.59 Å². The number of unbranched alkanes of at least 4 members (excludes halogenated alkanes) is 1. The highest BCUT2D eigenvalue weighted by atomic mass is 16.7. The van der Waals surface area contributed by atoms with Crippen molar-refractivity contribution in [3.63, 3.8) is 0 Å². The van der Waals surface area contributed by atoms with Gasteiger partial charge in [0.25, 0.3) is 5.91 Å². The summed E-state index contributed by atoms with van der Waals surface area (Å²) in [7, 11) is 0. The zero-order valence-electron chi connectivity index (χ0n) is 22.7. The number of anilines is 2. The lowest BCUT2D eigenvalue weighted by Crippen LogP contribution is -2.37. The molecule has 7 nitrogen and oxygen atoms in total. The molecular formula is C33H32N2O5. The van der Waals surface area contributed by atoms with Crippen molar-refractivity contribution in [2.45, 2.75) is 38.8 Å². The Kier molecular flexibility index (Phi) is 7.13. The number of benzene rings is 4. The summed E-state index contributed by atoms with van der Waals surface area (Å²) in [6.45, 7) is 5.10. The van der Waals surface area contributed by atoms with Crippen LogP contribution in [0.1, 0.15) is 38.3 Å². The van der Waals surface area contributed by atoms with E-state index in [0.29, 0.717) is 30.4 Å². The third-order valence-electron chi connectivity index (χ3n) is 7.48. The van der Waals surface area contributed by atoms with E-state index in [1.165, 1.54) is 4.90 Å². The minimum atomic E-state index is -0.944. The molecule has 7 heteroatoms. The predicted molar refractivity (Wildman–Crippen MR) is 154 cm³/mol. The number of hydroxylamine groups is 1. The van der Waals surface area contributed by atoms with E-state index < -0.39 is 18.1 Å². The quantitative estimate of drug-likeness (QED) is 0.180. The predicted octanol–water partition coefficient (Wildman–Crippen LogP) is 6.47. The summed E-state index contributed by atoms with van der Waals surface area (Å²) in [5.74, 6) is -0.114. The molecule has 6 rings (SSSR count). The average Bonchev–Trinajstić information content (AvgIpc) is 3.49. The van der Waals surface area contributed by atoms with Crippen molar-refractivity contribution in [1.29, 1.82) is 0 Å². The molecule has 2 heterocycles. The molecule has 0 aliphatic carbocycles. The molecule has 0 N–H and O–H groups in total. The summed E-state index contributed by atoms with van der Waals surface area (Å²) in [6, 6.07) is 28.3. The Morgan fingerprint density at radius 1 is 0.750 bits per heavy atom. The van der Waals surface area contributed by atoms with Gasteiger partial charge in [-0.25, -0.2) is 9.96 Å². The van der Waals surface area contributed by atoms with Crippen LogP contribution in [0.25, 0.3) is 10.8 Å². The van der Waals surface area contributed by atoms with Gasteiger partial charge in [-0.2, -0.15) is 0 Å². The Labute approximate surface area is 233 Å². The Morgan fingerprint density at radius 3 is 2.30 bits per heavy atom. The number of amides is 2. The van der Waals surface area contributed by atoms with Crippen LogP contribution in [0.3, 0.4) is 0 Å². The molecular weight excluding hydrogens is 504 g/mol. The zero-order chi connectivity index (χ0) is 27.6. The number of carbonyl (C=O) groups is 2. The molecule has 0 unspecified atom stereocenters. The van der Waals surface area contributed by atoms with Crippen LogP contribution < -0.4 is 19.4 Å². The summed E-state index contributed by atoms with van der Waals surface area (Å²) >= 11 is 0. The van der Waals surface area contributed by atoms with Crippen LogP contribution in [0, 0.1) is 5.92 Å². The number of carbonyl (C=O) groups excluding carboxylic acids is 2. The zero-order valence-corrected chi connectivity index (χ0v) is 22.7. The van der Waals surface area contributed by atoms with Gasteiger partial charge in [0.1, 0.15) is 5.92 Å². The first kappa shape index (κ1) is 25.9. The van der Waals surface area contributed by atoms with Crippen molar-refractivity contribution in [1.82, 2.24) is 0 Å². The fourth-order valence-electron chi connectivity index (χ4n) is 5.55. The monoisotopic (exact) mass is 536 g/mol. The van der Waals surface area contributed by atoms with E-state index in [1.54, 1.807) is 5.06 Å². The van der Waals surface area contributed by atoms with Crippen molar-refractivity contribution in [2.75, 3.05) is 23.2 Å². The van der Waals surface area contributed by atoms with Crippen molar-refractivity contribution < 1.29 is 23.9 Å². The molecule has 0 saturated carbocycles. The van der Waals surface area contributed by atoms with Gasteiger partial charge in [-0.1, -0.05) is 67.9 Å². The molecule has 3 atom stereocenters. The number of hydrogen-bond acceptors (Lipinski definition) is 6. The van der Waals surface area contributed by atoms with Gasteiger partial charge in [0.05, 0.1) is 30.6 Å². The lowest BCUT2D eigenvalue weighted by atomic mass is 9.90. The fourth-order valence-corrected chi connectivity index (χ4v) is 5.55. The molecule has 0 aromatic heterocycles. The highest BCUT2D eigenvalue weighted by molar-refractivity contribution is 6.24. The van der Waals surface area contributed by atoms with Crippen LogP contribution in [0.5, 0.6) is 11.5 Å². The maximum Gasteiger partial charge on any atom is 0.266 e. The van der Waals surface area contributed by atoms with Gasteiger partial charge in [0, 0.05) is 0 Å². The first-order chi connectivity index (χ1) is 19.6. The molecule has 2 saturated heterocycles. The molecule has 2 aliphatic rings. The van der Waals surface area contributed by atoms with Gasteiger partial charge in [0.15, 0.2) is 17.6 Å². The van der Waals surface area contributed by atoms with Gasteiger partial charge in [-0.05, 0) is 66.1 Å². The van der Waals surface area contributed by atoms with Crippen LogP contribution in [0.4, 0.5) is 11.4 Å². The van der Waals surface area contributed by atoms with E-state index >= 15 is 0 Å². The summed E-state index contributed by atoms with van der Waals surface area (Å²) in [5.41, 5.74) is 2.12. The smallest absolute Gasteiger partial charge is 0.266 e. The number of fused-ring (bicyclic) bond motifs is 2. The molecule has 2 aliphatic heterocycles. The van der Waals surface area contributed by atoms with Crippen molar-refractivity contribution >= 4 is 34.0 Å². The minimum absolute atomic E-state index is 0.282. The van der Waals surface area contributed by atoms with Crippen LogP contribution in [-0.4, -0.2) is 31.1 Å². The van der Waals surface area contributed by atoms with Crippen LogP contribution in [-0.2, 0) is 14.4 Å². The summed E-state index contributed by atoms with van der Waals surface area (Å²) in [4.78, 5) is 35.5. The maximum absolute atomic E-state index is 14.1. The molecule has 2 fully saturated rings. The highest BCUT2D eigenvalue weighted by Crippen LogP contribution is 2.49. The number of nitrogens with zero attached hydrogens (tertiary/aromatic N) is 2. The number of imide groups is 1. The second-order valence-corrected chi connectivity index (χ2v) is 10.0. The van der Waals surface area contributed by atoms with Crippen LogP contribution in [0.15, 0.2) is 91.0 Å². The van der Waals surface area contributed by atoms with Gasteiger partial charge in [-0.15, -0.1) is 0 Å². The molecule has 204 valence electrons. The molecule has 40 heavy (non-hydrogen) atoms. The third-order valence-corrected chi connectivity index (χ3v) is 7.48. The van der Waals surface area contributed by atoms with E-state index in [2.05, 4.69) is 6.92 Å². The van der Waals surface area contributed by atoms with Crippen molar-refractivity contribution in [3.05, 3.63) is 96.6 Å². The lowest BCUT2D eigenvalue weighted by Gasteiger charge is -2.29. The van der Waals surface area contributed by atoms with E-state index in [0.717, 1.165) is 34.9 Å². The molecule has 0 spiro atoms. The number of ether oxygens (including phenoxy) is 2. The third kappa shape index (κ3) is 4.56. The largest absolute Gasteiger partial charge is 0.490 e. The average molecular weight is 537 g/mol. The van der Waals surface area contributed by atoms with Gasteiger partial charge in [-0.3, -0.25) is 14.4 Å². The summed E-state index contributed by atoms with van der Waals surface area (Å²) in [5, 5.41) is 3.70. The van der Waals surface area contributed by atoms with E-state index in [-0.39, 0.29) is 11.8 Å². The molecule has 4 aromatic rings. The first-order valence-electron chi connectivity index (χ1n) is 13.9. The molecule has 4 aromatic carbocycles. The number of para-hydroxylation sites is 1. The molecule has 2 amide bonds. The van der Waals surface area contributed by atoms with E-state index in [1.807, 2.05) is 97.9 Å². The normalized spacial score (nSPS) is 20.3. The summed E-state index contributed by atoms with van der Waals surface area (Å²) in [6.07, 6.45) is 1.02. The second kappa shape index (κ2) is 11.0. The van der Waals surface area contributed by atoms with Gasteiger partial charge >= 0.3 is 0 Å². The van der Waals surface area contributed by atoms with E-state index in [4.69, 9.17) is 14.3 Å². The standard InChI is InChI=1S/C33H32N2O5/c1-3-5-19-39-27-18-16-24(21-28(27)38-4-2)30-29-31(40-35(30)25-13-7-6-8-14-25)33(37)34(32(29)36)26-17-15-22-11-9-10-12-23(22)20-26/h6-18,20-21,29-31H,3-5,19H2,1-2H3/t29-,30+,31-/m1/s1. The highest BCUT2D eigenvalue weighted by Gasteiger charge is 2.60. The Bertz CT molecular complexity index is 1540. The maximum atomic E-state index is 14.1. The number of rotatable bonds is 9. The number of hydrogen-bond donors (Lipinski definition) is 0. The van der Waals surface area contributed by atoms with Crippen LogP contribution >= 0.6 is 0 Å². The van der Waals surface area contributed by atoms with Gasteiger partial charge in [0.2, 0.25) is 5.91 Å². The van der Waals surface area contributed by atoms with Crippen molar-refractivity contribution in [2.24, 2.45) is 5.92 Å². The summed E-state index contributed by atoms with van der Waals surface area (Å²) < 4.78 is 11.9. The van der Waals surface area contributed by atoms with Crippen LogP contribution in [0.2, 0.25) is 0 Å². The Balaban J connectivity index is 1.40. The molecule has 0 bridgehead atoms. The van der Waals surface area contributed by atoms with Gasteiger partial charge < -0.3 is 9.47 Å². The SMILES string of the molecule is CCCCOc1ccc([C@H]2[C@H]3C(=O)N(c4ccc5ccccc5c4)C(=O)[C@@H]3ON2c2ccccc2)cc1OCC. The van der Waals surface area contributed by atoms with Crippen molar-refractivity contribution in [3.8, 4) is 11.5 Å². The minimum Gasteiger partial charge on any atom is -0.490 e.